The van der Waals surface area contributed by atoms with E-state index in [1.807, 2.05) is 0 Å². The molecule has 0 atom stereocenters. The standard InChI is InChI=1S/C22H17ClF3NO3/c1-13-16(11-30-12-20(28)29)10-19(14-4-8-18(23)9-5-14)21(27-13)15-2-6-17(7-3-15)22(24,25)26/h2-10H,11-12H2,1H3,(H,28,29). The summed E-state index contributed by atoms with van der Waals surface area (Å²) in [5, 5.41) is 9.30. The number of hydrogen-bond donors (Lipinski definition) is 1. The lowest BCUT2D eigenvalue weighted by Crippen LogP contribution is -2.08. The third-order valence-electron chi connectivity index (χ3n) is 4.44. The minimum absolute atomic E-state index is 0.0407. The molecular weight excluding hydrogens is 419 g/mol. The summed E-state index contributed by atoms with van der Waals surface area (Å²) in [6, 6.07) is 13.6. The zero-order valence-electron chi connectivity index (χ0n) is 15.8. The molecule has 3 aromatic rings. The highest BCUT2D eigenvalue weighted by atomic mass is 35.5. The number of alkyl halides is 3. The fourth-order valence-corrected chi connectivity index (χ4v) is 3.05. The summed E-state index contributed by atoms with van der Waals surface area (Å²) in [5.74, 6) is -1.08. The zero-order valence-corrected chi connectivity index (χ0v) is 16.6. The van der Waals surface area contributed by atoms with Crippen molar-refractivity contribution in [2.75, 3.05) is 6.61 Å². The highest BCUT2D eigenvalue weighted by Crippen LogP contribution is 2.35. The number of halogens is 4. The molecule has 0 aliphatic carbocycles. The van der Waals surface area contributed by atoms with Crippen LogP contribution < -0.4 is 0 Å². The Labute approximate surface area is 175 Å². The van der Waals surface area contributed by atoms with Crippen molar-refractivity contribution in [2.45, 2.75) is 19.7 Å². The van der Waals surface area contributed by atoms with Gasteiger partial charge in [0, 0.05) is 21.8 Å². The van der Waals surface area contributed by atoms with Crippen LogP contribution >= 0.6 is 11.6 Å². The molecule has 0 aliphatic heterocycles. The largest absolute Gasteiger partial charge is 0.480 e. The molecule has 0 saturated heterocycles. The lowest BCUT2D eigenvalue weighted by atomic mass is 9.96. The Balaban J connectivity index is 2.07. The molecule has 0 amide bonds. The van der Waals surface area contributed by atoms with Crippen LogP contribution in [-0.2, 0) is 22.3 Å². The number of nitrogens with zero attached hydrogens (tertiary/aromatic N) is 1. The molecule has 4 nitrogen and oxygen atoms in total. The molecule has 2 aromatic carbocycles. The maximum atomic E-state index is 12.9. The van der Waals surface area contributed by atoms with Crippen LogP contribution in [0.15, 0.2) is 54.6 Å². The minimum atomic E-state index is -4.42. The average molecular weight is 436 g/mol. The lowest BCUT2D eigenvalue weighted by Gasteiger charge is -2.15. The van der Waals surface area contributed by atoms with Crippen LogP contribution in [0.5, 0.6) is 0 Å². The first kappa shape index (κ1) is 21.8. The number of aliphatic carboxylic acids is 1. The summed E-state index contributed by atoms with van der Waals surface area (Å²) < 4.78 is 43.9. The third kappa shape index (κ3) is 5.17. The van der Waals surface area contributed by atoms with E-state index in [-0.39, 0.29) is 6.61 Å². The van der Waals surface area contributed by atoms with Gasteiger partial charge in [-0.3, -0.25) is 4.98 Å². The molecular formula is C22H17ClF3NO3. The smallest absolute Gasteiger partial charge is 0.416 e. The molecule has 30 heavy (non-hydrogen) atoms. The number of carbonyl (C=O) groups is 1. The van der Waals surface area contributed by atoms with Crippen molar-refractivity contribution in [1.82, 2.24) is 4.98 Å². The van der Waals surface area contributed by atoms with Gasteiger partial charge in [-0.2, -0.15) is 13.2 Å². The van der Waals surface area contributed by atoms with Crippen LogP contribution in [-0.4, -0.2) is 22.7 Å². The van der Waals surface area contributed by atoms with Gasteiger partial charge >= 0.3 is 12.1 Å². The molecule has 1 N–H and O–H groups in total. The van der Waals surface area contributed by atoms with Crippen molar-refractivity contribution >= 4 is 17.6 Å². The van der Waals surface area contributed by atoms with Gasteiger partial charge in [-0.1, -0.05) is 35.9 Å². The van der Waals surface area contributed by atoms with E-state index < -0.39 is 24.3 Å². The summed E-state index contributed by atoms with van der Waals surface area (Å²) in [7, 11) is 0. The maximum absolute atomic E-state index is 12.9. The highest BCUT2D eigenvalue weighted by Gasteiger charge is 2.30. The van der Waals surface area contributed by atoms with Gasteiger partial charge in [0.05, 0.1) is 17.9 Å². The van der Waals surface area contributed by atoms with Gasteiger partial charge in [-0.05, 0) is 48.4 Å². The normalized spacial score (nSPS) is 11.5. The Morgan fingerprint density at radius 1 is 1.07 bits per heavy atom. The van der Waals surface area contributed by atoms with Crippen LogP contribution in [0, 0.1) is 6.92 Å². The van der Waals surface area contributed by atoms with Crippen molar-refractivity contribution in [3.05, 3.63) is 76.4 Å². The SMILES string of the molecule is Cc1nc(-c2ccc(C(F)(F)F)cc2)c(-c2ccc(Cl)cc2)cc1COCC(=O)O. The summed E-state index contributed by atoms with van der Waals surface area (Å²) in [5.41, 5.74) is 2.99. The van der Waals surface area contributed by atoms with E-state index >= 15 is 0 Å². The Hall–Kier alpha value is -2.90. The summed E-state index contributed by atoms with van der Waals surface area (Å²) in [4.78, 5) is 15.3. The molecule has 0 aliphatic rings. The number of carboxylic acids is 1. The number of rotatable bonds is 6. The quantitative estimate of drug-likeness (QED) is 0.516. The van der Waals surface area contributed by atoms with Gasteiger partial charge in [0.25, 0.3) is 0 Å². The number of hydrogen-bond acceptors (Lipinski definition) is 3. The monoisotopic (exact) mass is 435 g/mol. The third-order valence-corrected chi connectivity index (χ3v) is 4.69. The number of carboxylic acid groups (broad SMARTS) is 1. The Kier molecular flexibility index (Phi) is 6.43. The molecule has 0 radical (unpaired) electrons. The predicted octanol–water partition coefficient (Wildman–Crippen LogP) is 6.00. The fourth-order valence-electron chi connectivity index (χ4n) is 2.93. The molecule has 3 rings (SSSR count). The first-order valence-corrected chi connectivity index (χ1v) is 9.26. The van der Waals surface area contributed by atoms with Crippen LogP contribution in [0.3, 0.4) is 0 Å². The van der Waals surface area contributed by atoms with E-state index in [4.69, 9.17) is 21.4 Å². The Morgan fingerprint density at radius 2 is 1.67 bits per heavy atom. The molecule has 1 heterocycles. The molecule has 0 bridgehead atoms. The van der Waals surface area contributed by atoms with E-state index in [0.717, 1.165) is 17.7 Å². The maximum Gasteiger partial charge on any atom is 0.416 e. The molecule has 0 saturated carbocycles. The Morgan fingerprint density at radius 3 is 2.23 bits per heavy atom. The summed E-state index contributed by atoms with van der Waals surface area (Å²) in [6.45, 7) is 1.33. The van der Waals surface area contributed by atoms with E-state index in [1.54, 1.807) is 37.3 Å². The van der Waals surface area contributed by atoms with Crippen molar-refractivity contribution < 1.29 is 27.8 Å². The van der Waals surface area contributed by atoms with Crippen LogP contribution in [0.4, 0.5) is 13.2 Å². The van der Waals surface area contributed by atoms with Crippen molar-refractivity contribution in [3.8, 4) is 22.4 Å². The van der Waals surface area contributed by atoms with Gasteiger partial charge in [0.1, 0.15) is 6.61 Å². The molecule has 156 valence electrons. The number of benzene rings is 2. The zero-order chi connectivity index (χ0) is 21.9. The molecule has 0 fully saturated rings. The average Bonchev–Trinajstić information content (AvgIpc) is 2.69. The van der Waals surface area contributed by atoms with E-state index in [0.29, 0.717) is 33.1 Å². The van der Waals surface area contributed by atoms with Crippen molar-refractivity contribution in [3.63, 3.8) is 0 Å². The van der Waals surface area contributed by atoms with Crippen molar-refractivity contribution in [1.29, 1.82) is 0 Å². The van der Waals surface area contributed by atoms with Gasteiger partial charge in [-0.15, -0.1) is 0 Å². The number of aromatic nitrogens is 1. The van der Waals surface area contributed by atoms with Crippen LogP contribution in [0.2, 0.25) is 5.02 Å². The van der Waals surface area contributed by atoms with E-state index in [1.165, 1.54) is 12.1 Å². The second-order valence-corrected chi connectivity index (χ2v) is 7.03. The van der Waals surface area contributed by atoms with E-state index in [9.17, 15) is 18.0 Å². The fraction of sp³-hybridized carbons (Fsp3) is 0.182. The molecule has 1 aromatic heterocycles. The topological polar surface area (TPSA) is 59.4 Å². The number of ether oxygens (including phenoxy) is 1. The second-order valence-electron chi connectivity index (χ2n) is 6.60. The Bertz CT molecular complexity index is 1050. The van der Waals surface area contributed by atoms with Crippen molar-refractivity contribution in [2.24, 2.45) is 0 Å². The van der Waals surface area contributed by atoms with Gasteiger partial charge in [-0.25, -0.2) is 4.79 Å². The number of pyridine rings is 1. The molecule has 8 heteroatoms. The van der Waals surface area contributed by atoms with Gasteiger partial charge < -0.3 is 9.84 Å². The molecule has 0 unspecified atom stereocenters. The van der Waals surface area contributed by atoms with Crippen LogP contribution in [0.1, 0.15) is 16.8 Å². The minimum Gasteiger partial charge on any atom is -0.480 e. The highest BCUT2D eigenvalue weighted by molar-refractivity contribution is 6.30. The molecule has 0 spiro atoms. The first-order valence-electron chi connectivity index (χ1n) is 8.89. The summed E-state index contributed by atoms with van der Waals surface area (Å²) in [6.07, 6.45) is -4.42. The lowest BCUT2D eigenvalue weighted by molar-refractivity contribution is -0.142. The van der Waals surface area contributed by atoms with E-state index in [2.05, 4.69) is 4.98 Å². The first-order chi connectivity index (χ1) is 14.1. The van der Waals surface area contributed by atoms with Gasteiger partial charge in [0.15, 0.2) is 0 Å². The van der Waals surface area contributed by atoms with Gasteiger partial charge in [0.2, 0.25) is 0 Å². The van der Waals surface area contributed by atoms with Crippen LogP contribution in [0.25, 0.3) is 22.4 Å². The predicted molar refractivity (Wildman–Crippen MR) is 107 cm³/mol. The summed E-state index contributed by atoms with van der Waals surface area (Å²) >= 11 is 5.97. The second kappa shape index (κ2) is 8.85. The number of aryl methyl sites for hydroxylation is 1.